The topological polar surface area (TPSA) is 605 Å². The van der Waals surface area contributed by atoms with Crippen LogP contribution in [0.3, 0.4) is 0 Å². The number of carboxylic acids is 2. The molecular weight excluding hydrogens is 1270 g/mol. The average Bonchev–Trinajstić information content (AvgIpc) is 1.47. The second kappa shape index (κ2) is 43.2. The van der Waals surface area contributed by atoms with Crippen LogP contribution in [0.15, 0.2) is 42.9 Å². The van der Waals surface area contributed by atoms with Crippen LogP contribution in [-0.2, 0) is 80.0 Å². The number of nitrogens with zero attached hydrogens (tertiary/aromatic N) is 1. The third-order valence-corrected chi connectivity index (χ3v) is 14.9. The lowest BCUT2D eigenvalue weighted by atomic mass is 10.0. The predicted octanol–water partition coefficient (Wildman–Crippen LogP) is -7.70. The number of aliphatic hydroxyl groups is 3. The fraction of sp³-hybridized carbons (Fsp3) is 0.603. The Labute approximate surface area is 553 Å². The second-order valence-electron chi connectivity index (χ2n) is 22.6. The van der Waals surface area contributed by atoms with Crippen molar-refractivity contribution >= 4 is 95.5 Å². The molecule has 0 unspecified atom stereocenters. The Hall–Kier alpha value is -8.88. The van der Waals surface area contributed by atoms with E-state index in [1.54, 1.807) is 44.2 Å². The minimum Gasteiger partial charge on any atom is -0.481 e. The SMILES string of the molecule is CC(C)[C@H](NC(=O)[C@@H](N)CCCCN)C(=O)N[C@H](C(=O)N[C@@H](CCC(=O)O)C(=O)N[C@@H](Cc1ccccc1)C(=O)N[C@@H](CCC(N)=O)C(=O)N[C@@H](CCCCN)C(=O)N[C@@H](C)C(=O)N[C@@H](Cc1cnc[nH]1)C(=O)N[C@@H](CS)C(=O)N[C@@H](CO)C(=O)N[C@@H](CO)C(=O)O)[C@@H](C)O. The summed E-state index contributed by atoms with van der Waals surface area (Å²) >= 11 is 4.11. The Morgan fingerprint density at radius 1 is 0.505 bits per heavy atom. The number of hydrogen-bond acceptors (Lipinski definition) is 22. The second-order valence-corrected chi connectivity index (χ2v) is 23.0. The first-order chi connectivity index (χ1) is 44.9. The van der Waals surface area contributed by atoms with Crippen LogP contribution >= 0.6 is 12.6 Å². The van der Waals surface area contributed by atoms with E-state index in [9.17, 15) is 92.7 Å². The number of rotatable bonds is 46. The molecule has 1 aromatic heterocycles. The summed E-state index contributed by atoms with van der Waals surface area (Å²) < 4.78 is 0. The number of thiol groups is 1. The van der Waals surface area contributed by atoms with Gasteiger partial charge in [0.25, 0.3) is 0 Å². The normalized spacial score (nSPS) is 15.2. The minimum absolute atomic E-state index is 0.132. The van der Waals surface area contributed by atoms with Crippen LogP contribution in [0.25, 0.3) is 0 Å². The summed E-state index contributed by atoms with van der Waals surface area (Å²) in [6.45, 7) is 4.00. The monoisotopic (exact) mass is 1360 g/mol. The van der Waals surface area contributed by atoms with E-state index in [2.05, 4.69) is 75.8 Å². The van der Waals surface area contributed by atoms with Crippen molar-refractivity contribution in [1.29, 1.82) is 0 Å². The van der Waals surface area contributed by atoms with Crippen molar-refractivity contribution in [2.24, 2.45) is 28.9 Å². The first kappa shape index (κ1) is 82.2. The van der Waals surface area contributed by atoms with Crippen LogP contribution in [0.1, 0.15) is 103 Å². The molecule has 1 aromatic carbocycles. The molecule has 0 saturated carbocycles. The van der Waals surface area contributed by atoms with Crippen LogP contribution in [0.5, 0.6) is 0 Å². The number of nitrogens with two attached hydrogens (primary N) is 4. The third kappa shape index (κ3) is 30.0. The number of aliphatic carboxylic acids is 2. The lowest BCUT2D eigenvalue weighted by Gasteiger charge is -2.29. The number of carbonyl (C=O) groups is 14. The van der Waals surface area contributed by atoms with E-state index >= 15 is 0 Å². The van der Waals surface area contributed by atoms with Gasteiger partial charge in [0.1, 0.15) is 66.5 Å². The minimum atomic E-state index is -1.81. The number of benzene rings is 1. The van der Waals surface area contributed by atoms with Gasteiger partial charge < -0.3 is 112 Å². The lowest BCUT2D eigenvalue weighted by molar-refractivity contribution is -0.143. The standard InChI is InChI=1S/C58H93N17O19S/c1-29(2)45(74-48(83)34(61)14-8-10-20-59)56(91)75-46(31(4)78)57(92)68-37(17-19-44(80)81)51(86)70-38(22-32-12-6-5-7-13-32)52(87)67-36(16-18-43(62)79)50(85)66-35(15-9-11-21-60)49(84)65-30(3)47(82)69-39(23-33-24-63-28-64-33)53(88)73-42(27-95)55(90)71-40(25-76)54(89)72-41(26-77)58(93)94/h5-7,12-13,24,28-31,34-42,45-46,76-78,95H,8-11,14-23,25-27,59-61H2,1-4H3,(H2,62,79)(H,63,64)(H,65,84)(H,66,85)(H,67,87)(H,68,92)(H,69,82)(H,70,86)(H,71,90)(H,72,89)(H,73,88)(H,74,83)(H,75,91)(H,80,81)(H,93,94)/t30-,31+,34-,35-,36-,37-,38-,39-,40-,41-,42-,45-,46-/m0/s1. The molecule has 1 heterocycles. The molecule has 13 atom stereocenters. The summed E-state index contributed by atoms with van der Waals surface area (Å²) in [5, 5.41) is 74.9. The van der Waals surface area contributed by atoms with Crippen molar-refractivity contribution in [3.8, 4) is 0 Å². The molecule has 530 valence electrons. The van der Waals surface area contributed by atoms with E-state index in [1.165, 1.54) is 19.4 Å². The molecule has 95 heavy (non-hydrogen) atoms. The molecule has 0 saturated heterocycles. The van der Waals surface area contributed by atoms with Crippen LogP contribution < -0.4 is 81.4 Å². The summed E-state index contributed by atoms with van der Waals surface area (Å²) in [5.41, 5.74) is 23.5. The molecule has 0 spiro atoms. The zero-order valence-corrected chi connectivity index (χ0v) is 54.2. The number of primary amides is 1. The number of aromatic nitrogens is 2. The van der Waals surface area contributed by atoms with Gasteiger partial charge in [0, 0.05) is 43.3 Å². The summed E-state index contributed by atoms with van der Waals surface area (Å²) in [6.07, 6.45) is -0.276. The first-order valence-electron chi connectivity index (χ1n) is 30.7. The van der Waals surface area contributed by atoms with Crippen molar-refractivity contribution in [3.63, 3.8) is 0 Å². The zero-order valence-electron chi connectivity index (χ0n) is 53.3. The molecule has 0 radical (unpaired) electrons. The highest BCUT2D eigenvalue weighted by Gasteiger charge is 2.38. The first-order valence-corrected chi connectivity index (χ1v) is 31.3. The fourth-order valence-electron chi connectivity index (χ4n) is 8.97. The van der Waals surface area contributed by atoms with Gasteiger partial charge in [-0.1, -0.05) is 50.6 Å². The molecule has 0 aliphatic heterocycles. The number of unbranched alkanes of at least 4 members (excludes halogenated alkanes) is 2. The molecule has 25 N–H and O–H groups in total. The van der Waals surface area contributed by atoms with Gasteiger partial charge in [-0.05, 0) is 83.4 Å². The highest BCUT2D eigenvalue weighted by atomic mass is 32.1. The molecule has 37 heteroatoms. The van der Waals surface area contributed by atoms with Gasteiger partial charge in [0.05, 0.1) is 31.7 Å². The Morgan fingerprint density at radius 3 is 1.45 bits per heavy atom. The van der Waals surface area contributed by atoms with Crippen LogP contribution in [0.4, 0.5) is 0 Å². The Balaban J connectivity index is 2.46. The number of H-pyrrole nitrogens is 1. The summed E-state index contributed by atoms with van der Waals surface area (Å²) in [4.78, 5) is 194. The zero-order chi connectivity index (χ0) is 71.5. The van der Waals surface area contributed by atoms with Crippen molar-refractivity contribution in [1.82, 2.24) is 68.5 Å². The Kier molecular flexibility index (Phi) is 37.4. The van der Waals surface area contributed by atoms with E-state index in [0.29, 0.717) is 37.1 Å². The number of imidazole rings is 1. The molecular formula is C58H93N17O19S. The summed E-state index contributed by atoms with van der Waals surface area (Å²) in [7, 11) is 0. The summed E-state index contributed by atoms with van der Waals surface area (Å²) in [5.74, 6) is -16.3. The highest BCUT2D eigenvalue weighted by Crippen LogP contribution is 2.12. The Morgan fingerprint density at radius 2 is 0.947 bits per heavy atom. The highest BCUT2D eigenvalue weighted by molar-refractivity contribution is 7.80. The van der Waals surface area contributed by atoms with Crippen molar-refractivity contribution in [3.05, 3.63) is 54.1 Å². The van der Waals surface area contributed by atoms with Crippen molar-refractivity contribution in [2.45, 2.75) is 183 Å². The summed E-state index contributed by atoms with van der Waals surface area (Å²) in [6, 6.07) is -10.8. The van der Waals surface area contributed by atoms with Gasteiger partial charge in [0.2, 0.25) is 70.9 Å². The quantitative estimate of drug-likeness (QED) is 0.0216. The van der Waals surface area contributed by atoms with Crippen LogP contribution in [-0.4, -0.2) is 229 Å². The van der Waals surface area contributed by atoms with Gasteiger partial charge in [-0.2, -0.15) is 12.6 Å². The maximum Gasteiger partial charge on any atom is 0.328 e. The number of carbonyl (C=O) groups excluding carboxylic acids is 12. The number of nitrogens with one attached hydrogen (secondary N) is 12. The molecule has 0 bridgehead atoms. The average molecular weight is 1360 g/mol. The van der Waals surface area contributed by atoms with Crippen LogP contribution in [0, 0.1) is 5.92 Å². The van der Waals surface area contributed by atoms with Gasteiger partial charge in [-0.25, -0.2) is 9.78 Å². The molecule has 2 aromatic rings. The van der Waals surface area contributed by atoms with Gasteiger partial charge in [-0.3, -0.25) is 62.3 Å². The van der Waals surface area contributed by atoms with E-state index in [1.807, 2.05) is 5.32 Å². The Bertz CT molecular complexity index is 2880. The number of hydrogen-bond donors (Lipinski definition) is 22. The molecule has 0 aliphatic rings. The van der Waals surface area contributed by atoms with E-state index < -0.39 is 212 Å². The van der Waals surface area contributed by atoms with Crippen molar-refractivity contribution in [2.75, 3.05) is 32.1 Å². The number of amides is 12. The van der Waals surface area contributed by atoms with E-state index in [4.69, 9.17) is 22.9 Å². The maximum atomic E-state index is 14.5. The molecule has 2 rings (SSSR count). The predicted molar refractivity (Wildman–Crippen MR) is 341 cm³/mol. The fourth-order valence-corrected chi connectivity index (χ4v) is 9.22. The lowest BCUT2D eigenvalue weighted by Crippen LogP contribution is -2.62. The molecule has 0 aliphatic carbocycles. The van der Waals surface area contributed by atoms with E-state index in [-0.39, 0.29) is 38.6 Å². The largest absolute Gasteiger partial charge is 0.481 e. The number of carboxylic acid groups (broad SMARTS) is 2. The maximum absolute atomic E-state index is 14.5. The van der Waals surface area contributed by atoms with Crippen LogP contribution in [0.2, 0.25) is 0 Å². The van der Waals surface area contributed by atoms with Gasteiger partial charge in [0.15, 0.2) is 0 Å². The smallest absolute Gasteiger partial charge is 0.328 e. The number of aromatic amines is 1. The van der Waals surface area contributed by atoms with E-state index in [0.717, 1.165) is 6.92 Å². The number of aliphatic hydroxyl groups excluding tert-OH is 3. The van der Waals surface area contributed by atoms with Gasteiger partial charge in [-0.15, -0.1) is 0 Å². The third-order valence-electron chi connectivity index (χ3n) is 14.5. The van der Waals surface area contributed by atoms with Gasteiger partial charge >= 0.3 is 11.9 Å². The molecule has 0 fully saturated rings. The van der Waals surface area contributed by atoms with Crippen molar-refractivity contribution < 1.29 is 92.7 Å². The molecule has 12 amide bonds. The molecule has 36 nitrogen and oxygen atoms in total.